The Morgan fingerprint density at radius 3 is 2.70 bits per heavy atom. The molecule has 1 N–H and O–H groups in total. The Morgan fingerprint density at radius 2 is 2.00 bits per heavy atom. The van der Waals surface area contributed by atoms with Gasteiger partial charge in [0.25, 0.3) is 0 Å². The van der Waals surface area contributed by atoms with Crippen molar-refractivity contribution in [3.8, 4) is 11.4 Å². The van der Waals surface area contributed by atoms with Crippen molar-refractivity contribution in [2.24, 2.45) is 0 Å². The van der Waals surface area contributed by atoms with E-state index < -0.39 is 11.6 Å². The molecule has 0 spiro atoms. The third-order valence-corrected chi connectivity index (χ3v) is 3.98. The molecule has 4 nitrogen and oxygen atoms in total. The fourth-order valence-electron chi connectivity index (χ4n) is 2.27. The minimum atomic E-state index is -0.648. The molecule has 2 heterocycles. The smallest absolute Gasteiger partial charge is 0.205 e. The van der Waals surface area contributed by atoms with E-state index in [9.17, 15) is 13.9 Å². The van der Waals surface area contributed by atoms with Crippen molar-refractivity contribution in [2.75, 3.05) is 18.0 Å². The van der Waals surface area contributed by atoms with Crippen LogP contribution in [0.4, 0.5) is 13.9 Å². The number of rotatable bonds is 2. The predicted octanol–water partition coefficient (Wildman–Crippen LogP) is 2.44. The van der Waals surface area contributed by atoms with Gasteiger partial charge in [0, 0.05) is 36.3 Å². The van der Waals surface area contributed by atoms with Gasteiger partial charge in [-0.2, -0.15) is 9.36 Å². The molecule has 0 radical (unpaired) electrons. The third-order valence-electron chi connectivity index (χ3n) is 3.20. The first kappa shape index (κ1) is 13.4. The number of hydrogen-bond donors (Lipinski definition) is 1. The summed E-state index contributed by atoms with van der Waals surface area (Å²) in [7, 11) is 0. The summed E-state index contributed by atoms with van der Waals surface area (Å²) >= 11 is 1.17. The number of anilines is 1. The first-order valence-electron chi connectivity index (χ1n) is 6.35. The normalized spacial score (nSPS) is 19.4. The van der Waals surface area contributed by atoms with Crippen LogP contribution in [0.2, 0.25) is 0 Å². The number of aromatic nitrogens is 2. The van der Waals surface area contributed by atoms with E-state index >= 15 is 0 Å². The van der Waals surface area contributed by atoms with Gasteiger partial charge < -0.3 is 10.0 Å². The fourth-order valence-corrected chi connectivity index (χ4v) is 3.00. The van der Waals surface area contributed by atoms with Gasteiger partial charge >= 0.3 is 0 Å². The van der Waals surface area contributed by atoms with Crippen LogP contribution in [0.15, 0.2) is 18.2 Å². The Morgan fingerprint density at radius 1 is 1.25 bits per heavy atom. The number of aliphatic hydroxyl groups excluding tert-OH is 1. The molecule has 1 aromatic carbocycles. The van der Waals surface area contributed by atoms with E-state index in [1.807, 2.05) is 4.90 Å². The molecule has 3 rings (SSSR count). The molecule has 0 amide bonds. The molecular weight excluding hydrogens is 284 g/mol. The minimum Gasteiger partial charge on any atom is -0.391 e. The molecule has 20 heavy (non-hydrogen) atoms. The van der Waals surface area contributed by atoms with Crippen molar-refractivity contribution in [2.45, 2.75) is 18.9 Å². The first-order chi connectivity index (χ1) is 9.61. The highest BCUT2D eigenvalue weighted by Gasteiger charge is 2.21. The van der Waals surface area contributed by atoms with Crippen molar-refractivity contribution in [1.82, 2.24) is 9.36 Å². The Hall–Kier alpha value is -1.60. The highest BCUT2D eigenvalue weighted by atomic mass is 32.1. The van der Waals surface area contributed by atoms with Gasteiger partial charge in [0.2, 0.25) is 5.13 Å². The van der Waals surface area contributed by atoms with Crippen LogP contribution in [0, 0.1) is 11.6 Å². The summed E-state index contributed by atoms with van der Waals surface area (Å²) in [6.45, 7) is 1.33. The Labute approximate surface area is 118 Å². The lowest BCUT2D eigenvalue weighted by molar-refractivity contribution is 0.154. The maximum absolute atomic E-state index is 13.2. The van der Waals surface area contributed by atoms with Crippen LogP contribution in [0.5, 0.6) is 0 Å². The number of nitrogens with zero attached hydrogens (tertiary/aromatic N) is 3. The Balaban J connectivity index is 1.86. The molecule has 106 valence electrons. The van der Waals surface area contributed by atoms with Crippen LogP contribution < -0.4 is 4.90 Å². The number of benzene rings is 1. The second kappa shape index (κ2) is 5.41. The highest BCUT2D eigenvalue weighted by Crippen LogP contribution is 2.27. The van der Waals surface area contributed by atoms with Crippen LogP contribution in [-0.2, 0) is 0 Å². The van der Waals surface area contributed by atoms with Gasteiger partial charge in [-0.1, -0.05) is 0 Å². The highest BCUT2D eigenvalue weighted by molar-refractivity contribution is 7.09. The fraction of sp³-hybridized carbons (Fsp3) is 0.385. The predicted molar refractivity (Wildman–Crippen MR) is 72.7 cm³/mol. The maximum Gasteiger partial charge on any atom is 0.205 e. The molecule has 0 bridgehead atoms. The average molecular weight is 297 g/mol. The lowest BCUT2D eigenvalue weighted by Gasteiger charge is -2.29. The van der Waals surface area contributed by atoms with Gasteiger partial charge in [0.15, 0.2) is 5.82 Å². The van der Waals surface area contributed by atoms with E-state index in [2.05, 4.69) is 9.36 Å². The van der Waals surface area contributed by atoms with E-state index in [-0.39, 0.29) is 6.10 Å². The summed E-state index contributed by atoms with van der Waals surface area (Å²) in [5, 5.41) is 10.3. The van der Waals surface area contributed by atoms with E-state index in [4.69, 9.17) is 0 Å². The maximum atomic E-state index is 13.2. The van der Waals surface area contributed by atoms with Crippen molar-refractivity contribution >= 4 is 16.7 Å². The van der Waals surface area contributed by atoms with Crippen molar-refractivity contribution in [1.29, 1.82) is 0 Å². The molecule has 1 aliphatic heterocycles. The molecule has 1 unspecified atom stereocenters. The van der Waals surface area contributed by atoms with Gasteiger partial charge in [-0.3, -0.25) is 0 Å². The molecule has 0 saturated carbocycles. The third kappa shape index (κ3) is 2.78. The van der Waals surface area contributed by atoms with E-state index in [0.717, 1.165) is 25.5 Å². The van der Waals surface area contributed by atoms with E-state index in [1.54, 1.807) is 0 Å². The zero-order valence-electron chi connectivity index (χ0n) is 10.6. The zero-order valence-corrected chi connectivity index (χ0v) is 11.4. The van der Waals surface area contributed by atoms with Crippen molar-refractivity contribution in [3.63, 3.8) is 0 Å². The van der Waals surface area contributed by atoms with Gasteiger partial charge in [0.1, 0.15) is 11.6 Å². The first-order valence-corrected chi connectivity index (χ1v) is 7.12. The van der Waals surface area contributed by atoms with Crippen molar-refractivity contribution in [3.05, 3.63) is 29.8 Å². The number of hydrogen-bond acceptors (Lipinski definition) is 5. The quantitative estimate of drug-likeness (QED) is 0.925. The summed E-state index contributed by atoms with van der Waals surface area (Å²) in [4.78, 5) is 6.26. The number of piperidine rings is 1. The lowest BCUT2D eigenvalue weighted by atomic mass is 10.1. The van der Waals surface area contributed by atoms with E-state index in [0.29, 0.717) is 23.1 Å². The van der Waals surface area contributed by atoms with Crippen molar-refractivity contribution < 1.29 is 13.9 Å². The summed E-state index contributed by atoms with van der Waals surface area (Å²) < 4.78 is 30.5. The monoisotopic (exact) mass is 297 g/mol. The lowest BCUT2D eigenvalue weighted by Crippen LogP contribution is -2.38. The van der Waals surface area contributed by atoms with Crippen LogP contribution >= 0.6 is 11.5 Å². The topological polar surface area (TPSA) is 49.2 Å². The molecule has 1 aromatic heterocycles. The molecular formula is C13H13F2N3OS. The summed E-state index contributed by atoms with van der Waals surface area (Å²) in [5.41, 5.74) is 0.322. The second-order valence-corrected chi connectivity index (χ2v) is 5.53. The molecule has 1 saturated heterocycles. The van der Waals surface area contributed by atoms with Crippen LogP contribution in [0.1, 0.15) is 12.8 Å². The van der Waals surface area contributed by atoms with Gasteiger partial charge in [-0.25, -0.2) is 8.78 Å². The number of β-amino-alcohol motifs (C(OH)–C–C–N with tert-alkyl or cyclic N) is 1. The van der Waals surface area contributed by atoms with Crippen LogP contribution in [-0.4, -0.2) is 33.7 Å². The molecule has 0 aliphatic carbocycles. The SMILES string of the molecule is OC1CCCN(c2nc(-c3cc(F)cc(F)c3)ns2)C1. The Bertz CT molecular complexity index is 599. The summed E-state index contributed by atoms with van der Waals surface area (Å²) in [5.74, 6) is -0.988. The number of aliphatic hydroxyl groups is 1. The van der Waals surface area contributed by atoms with Crippen LogP contribution in [0.25, 0.3) is 11.4 Å². The minimum absolute atomic E-state index is 0.309. The average Bonchev–Trinajstić information content (AvgIpc) is 2.87. The van der Waals surface area contributed by atoms with E-state index in [1.165, 1.54) is 23.7 Å². The standard InChI is InChI=1S/C13H13F2N3OS/c14-9-4-8(5-10(15)6-9)12-16-13(20-17-12)18-3-1-2-11(19)7-18/h4-6,11,19H,1-3,7H2. The molecule has 2 aromatic rings. The molecule has 1 atom stereocenters. The summed E-state index contributed by atoms with van der Waals surface area (Å²) in [6, 6.07) is 3.23. The molecule has 1 aliphatic rings. The van der Waals surface area contributed by atoms with Gasteiger partial charge in [0.05, 0.1) is 6.10 Å². The second-order valence-electron chi connectivity index (χ2n) is 4.80. The van der Waals surface area contributed by atoms with Gasteiger partial charge in [-0.15, -0.1) is 0 Å². The zero-order chi connectivity index (χ0) is 14.1. The number of halogens is 2. The van der Waals surface area contributed by atoms with Crippen LogP contribution in [0.3, 0.4) is 0 Å². The Kier molecular flexibility index (Phi) is 3.62. The molecule has 7 heteroatoms. The molecule has 1 fully saturated rings. The summed E-state index contributed by atoms with van der Waals surface area (Å²) in [6.07, 6.45) is 1.32. The largest absolute Gasteiger partial charge is 0.391 e. The van der Waals surface area contributed by atoms with Gasteiger partial charge in [-0.05, 0) is 25.0 Å².